The molecule has 0 saturated carbocycles. The molecule has 1 saturated heterocycles. The van der Waals surface area contributed by atoms with E-state index in [-0.39, 0.29) is 11.8 Å². The van der Waals surface area contributed by atoms with Gasteiger partial charge in [0.15, 0.2) is 0 Å². The van der Waals surface area contributed by atoms with E-state index in [1.165, 1.54) is 0 Å². The molecule has 4 heteroatoms. The third-order valence-corrected chi connectivity index (χ3v) is 4.11. The van der Waals surface area contributed by atoms with Crippen LogP contribution in [0.4, 0.5) is 5.69 Å². The zero-order valence-electron chi connectivity index (χ0n) is 10.0. The van der Waals surface area contributed by atoms with Crippen LogP contribution >= 0.6 is 11.8 Å². The van der Waals surface area contributed by atoms with Gasteiger partial charge in [-0.05, 0) is 30.9 Å². The van der Waals surface area contributed by atoms with Gasteiger partial charge in [0.05, 0.1) is 0 Å². The highest BCUT2D eigenvalue weighted by Gasteiger charge is 2.23. The van der Waals surface area contributed by atoms with Crippen molar-refractivity contribution in [3.63, 3.8) is 0 Å². The van der Waals surface area contributed by atoms with Gasteiger partial charge in [0, 0.05) is 23.9 Å². The smallest absolute Gasteiger partial charge is 0.228 e. The van der Waals surface area contributed by atoms with Crippen molar-refractivity contribution < 1.29 is 4.79 Å². The van der Waals surface area contributed by atoms with Gasteiger partial charge in [-0.25, -0.2) is 0 Å². The van der Waals surface area contributed by atoms with Crippen LogP contribution in [0.3, 0.4) is 0 Å². The Morgan fingerprint density at radius 3 is 3.00 bits per heavy atom. The Hall–Kier alpha value is -1.000. The molecule has 17 heavy (non-hydrogen) atoms. The predicted molar refractivity (Wildman–Crippen MR) is 73.3 cm³/mol. The van der Waals surface area contributed by atoms with Crippen LogP contribution in [0.2, 0.25) is 0 Å². The number of hydrogen-bond donors (Lipinski definition) is 2. The van der Waals surface area contributed by atoms with E-state index in [1.807, 2.05) is 43.1 Å². The van der Waals surface area contributed by atoms with Crippen LogP contribution in [0.25, 0.3) is 0 Å². The van der Waals surface area contributed by atoms with Gasteiger partial charge in [0.25, 0.3) is 0 Å². The summed E-state index contributed by atoms with van der Waals surface area (Å²) >= 11 is 1.86. The summed E-state index contributed by atoms with van der Waals surface area (Å²) in [5.41, 5.74) is 2.07. The Kier molecular flexibility index (Phi) is 4.45. The number of rotatable bonds is 4. The number of hydrogen-bond acceptors (Lipinski definition) is 3. The maximum atomic E-state index is 12.0. The van der Waals surface area contributed by atoms with Crippen LogP contribution in [-0.4, -0.2) is 24.5 Å². The van der Waals surface area contributed by atoms with Crippen LogP contribution in [0.1, 0.15) is 12.0 Å². The monoisotopic (exact) mass is 250 g/mol. The van der Waals surface area contributed by atoms with Crippen LogP contribution in [-0.2, 0) is 11.3 Å². The molecular weight excluding hydrogens is 232 g/mol. The first-order valence-corrected chi connectivity index (χ1v) is 7.08. The normalized spacial score (nSPS) is 19.2. The summed E-state index contributed by atoms with van der Waals surface area (Å²) < 4.78 is 0. The standard InChI is InChI=1S/C13H18N2OS/c1-14-8-10-4-2-3-5-12(10)15-13(16)11-6-7-17-9-11/h2-5,11,14H,6-9H2,1H3,(H,15,16). The number of anilines is 1. The SMILES string of the molecule is CNCc1ccccc1NC(=O)C1CCSC1. The minimum absolute atomic E-state index is 0.165. The molecule has 1 amide bonds. The molecule has 1 aromatic rings. The summed E-state index contributed by atoms with van der Waals surface area (Å²) in [6.45, 7) is 0.774. The second-order valence-electron chi connectivity index (χ2n) is 4.24. The Balaban J connectivity index is 2.04. The average Bonchev–Trinajstić information content (AvgIpc) is 2.85. The molecular formula is C13H18N2OS. The van der Waals surface area contributed by atoms with Crippen LogP contribution in [0, 0.1) is 5.92 Å². The van der Waals surface area contributed by atoms with Crippen molar-refractivity contribution >= 4 is 23.4 Å². The van der Waals surface area contributed by atoms with Crippen molar-refractivity contribution in [1.82, 2.24) is 5.32 Å². The van der Waals surface area contributed by atoms with E-state index in [9.17, 15) is 4.79 Å². The first kappa shape index (κ1) is 12.5. The van der Waals surface area contributed by atoms with Gasteiger partial charge in [0.2, 0.25) is 5.91 Å². The Labute approximate surface area is 106 Å². The van der Waals surface area contributed by atoms with Gasteiger partial charge in [-0.15, -0.1) is 0 Å². The Bertz CT molecular complexity index is 389. The third-order valence-electron chi connectivity index (χ3n) is 2.94. The first-order valence-electron chi connectivity index (χ1n) is 5.92. The average molecular weight is 250 g/mol. The number of thioether (sulfide) groups is 1. The van der Waals surface area contributed by atoms with E-state index in [4.69, 9.17) is 0 Å². The molecule has 0 aliphatic carbocycles. The fourth-order valence-electron chi connectivity index (χ4n) is 1.96. The van der Waals surface area contributed by atoms with Crippen molar-refractivity contribution in [2.45, 2.75) is 13.0 Å². The Morgan fingerprint density at radius 2 is 2.29 bits per heavy atom. The van der Waals surface area contributed by atoms with Gasteiger partial charge in [0.1, 0.15) is 0 Å². The largest absolute Gasteiger partial charge is 0.326 e. The van der Waals surface area contributed by atoms with Gasteiger partial charge >= 0.3 is 0 Å². The molecule has 1 unspecified atom stereocenters. The van der Waals surface area contributed by atoms with Crippen LogP contribution in [0.5, 0.6) is 0 Å². The van der Waals surface area contributed by atoms with E-state index in [0.29, 0.717) is 0 Å². The highest BCUT2D eigenvalue weighted by atomic mass is 32.2. The highest BCUT2D eigenvalue weighted by Crippen LogP contribution is 2.25. The third kappa shape index (κ3) is 3.23. The molecule has 1 aromatic carbocycles. The fourth-order valence-corrected chi connectivity index (χ4v) is 3.18. The quantitative estimate of drug-likeness (QED) is 0.860. The molecule has 0 bridgehead atoms. The summed E-state index contributed by atoms with van der Waals surface area (Å²) in [5, 5.41) is 6.16. The molecule has 92 valence electrons. The molecule has 1 atom stereocenters. The van der Waals surface area contributed by atoms with E-state index < -0.39 is 0 Å². The minimum atomic E-state index is 0.165. The summed E-state index contributed by atoms with van der Waals surface area (Å²) in [5.74, 6) is 2.41. The number of carbonyl (C=O) groups is 1. The lowest BCUT2D eigenvalue weighted by Gasteiger charge is -2.13. The molecule has 1 aliphatic heterocycles. The number of nitrogens with one attached hydrogen (secondary N) is 2. The second kappa shape index (κ2) is 6.07. The molecule has 0 aromatic heterocycles. The summed E-state index contributed by atoms with van der Waals surface area (Å²) in [7, 11) is 1.91. The van der Waals surface area contributed by atoms with E-state index in [0.717, 1.165) is 35.7 Å². The second-order valence-corrected chi connectivity index (χ2v) is 5.39. The van der Waals surface area contributed by atoms with E-state index >= 15 is 0 Å². The van der Waals surface area contributed by atoms with Crippen molar-refractivity contribution in [3.8, 4) is 0 Å². The number of benzene rings is 1. The lowest BCUT2D eigenvalue weighted by Crippen LogP contribution is -2.23. The molecule has 1 fully saturated rings. The molecule has 1 aliphatic rings. The Morgan fingerprint density at radius 1 is 1.47 bits per heavy atom. The lowest BCUT2D eigenvalue weighted by molar-refractivity contribution is -0.119. The maximum Gasteiger partial charge on any atom is 0.228 e. The van der Waals surface area contributed by atoms with Gasteiger partial charge in [-0.2, -0.15) is 11.8 Å². The van der Waals surface area contributed by atoms with Crippen LogP contribution < -0.4 is 10.6 Å². The topological polar surface area (TPSA) is 41.1 Å². The number of amides is 1. The summed E-state index contributed by atoms with van der Waals surface area (Å²) in [4.78, 5) is 12.0. The lowest BCUT2D eigenvalue weighted by atomic mass is 10.1. The molecule has 1 heterocycles. The van der Waals surface area contributed by atoms with E-state index in [2.05, 4.69) is 10.6 Å². The molecule has 0 spiro atoms. The van der Waals surface area contributed by atoms with Gasteiger partial charge in [-0.1, -0.05) is 18.2 Å². The van der Waals surface area contributed by atoms with Crippen molar-refractivity contribution in [2.75, 3.05) is 23.9 Å². The van der Waals surface area contributed by atoms with E-state index in [1.54, 1.807) is 0 Å². The van der Waals surface area contributed by atoms with Gasteiger partial charge < -0.3 is 10.6 Å². The molecule has 3 nitrogen and oxygen atoms in total. The summed E-state index contributed by atoms with van der Waals surface area (Å²) in [6, 6.07) is 7.95. The summed E-state index contributed by atoms with van der Waals surface area (Å²) in [6.07, 6.45) is 1.00. The van der Waals surface area contributed by atoms with Crippen molar-refractivity contribution in [1.29, 1.82) is 0 Å². The van der Waals surface area contributed by atoms with Crippen LogP contribution in [0.15, 0.2) is 24.3 Å². The van der Waals surface area contributed by atoms with Crippen molar-refractivity contribution in [2.24, 2.45) is 5.92 Å². The van der Waals surface area contributed by atoms with Crippen molar-refractivity contribution in [3.05, 3.63) is 29.8 Å². The fraction of sp³-hybridized carbons (Fsp3) is 0.462. The van der Waals surface area contributed by atoms with Gasteiger partial charge in [-0.3, -0.25) is 4.79 Å². The highest BCUT2D eigenvalue weighted by molar-refractivity contribution is 7.99. The molecule has 0 radical (unpaired) electrons. The first-order chi connectivity index (χ1) is 8.31. The predicted octanol–water partition coefficient (Wildman–Crippen LogP) is 2.10. The zero-order chi connectivity index (χ0) is 12.1. The number of para-hydroxylation sites is 1. The number of carbonyl (C=O) groups excluding carboxylic acids is 1. The minimum Gasteiger partial charge on any atom is -0.326 e. The zero-order valence-corrected chi connectivity index (χ0v) is 10.8. The maximum absolute atomic E-state index is 12.0. The molecule has 2 rings (SSSR count). The molecule has 2 N–H and O–H groups in total.